The van der Waals surface area contributed by atoms with Gasteiger partial charge in [0.15, 0.2) is 0 Å². The Hall–Kier alpha value is -3.02. The zero-order valence-electron chi connectivity index (χ0n) is 12.2. The Morgan fingerprint density at radius 2 is 2.05 bits per heavy atom. The van der Waals surface area contributed by atoms with E-state index in [9.17, 15) is 4.79 Å². The molecule has 0 radical (unpaired) electrons. The average Bonchev–Trinajstić information content (AvgIpc) is 3.02. The maximum Gasteiger partial charge on any atom is 0.249 e. The molecule has 6 nitrogen and oxygen atoms in total. The normalized spacial score (nSPS) is 10.6. The molecule has 3 aromatic heterocycles. The summed E-state index contributed by atoms with van der Waals surface area (Å²) in [4.78, 5) is 24.7. The van der Waals surface area contributed by atoms with Crippen LogP contribution in [-0.2, 0) is 0 Å². The molecule has 3 heterocycles. The number of pyridine rings is 2. The Morgan fingerprint density at radius 1 is 1.23 bits per heavy atom. The molecule has 3 aromatic rings. The number of aromatic nitrogens is 3. The van der Waals surface area contributed by atoms with Gasteiger partial charge in [-0.1, -0.05) is 0 Å². The third kappa shape index (κ3) is 2.35. The van der Waals surface area contributed by atoms with E-state index in [2.05, 4.69) is 15.0 Å². The van der Waals surface area contributed by atoms with E-state index in [1.807, 2.05) is 26.0 Å². The van der Waals surface area contributed by atoms with Gasteiger partial charge in [-0.15, -0.1) is 0 Å². The minimum Gasteiger partial charge on any atom is -0.443 e. The lowest BCUT2D eigenvalue weighted by Gasteiger charge is -2.12. The zero-order valence-corrected chi connectivity index (χ0v) is 12.2. The van der Waals surface area contributed by atoms with Crippen molar-refractivity contribution in [3.63, 3.8) is 0 Å². The SMILES string of the molecule is Cc1ncccc1-c1nc(-c2ncco2)cc(C(N)=O)c1C. The fourth-order valence-corrected chi connectivity index (χ4v) is 2.32. The van der Waals surface area contributed by atoms with E-state index in [4.69, 9.17) is 10.2 Å². The molecule has 0 aliphatic rings. The number of oxazole rings is 1. The minimum absolute atomic E-state index is 0.338. The Bertz CT molecular complexity index is 841. The largest absolute Gasteiger partial charge is 0.443 e. The lowest BCUT2D eigenvalue weighted by Crippen LogP contribution is -2.14. The number of primary amides is 1. The maximum absolute atomic E-state index is 11.7. The van der Waals surface area contributed by atoms with Gasteiger partial charge in [0.1, 0.15) is 12.0 Å². The molecule has 3 rings (SSSR count). The summed E-state index contributed by atoms with van der Waals surface area (Å²) >= 11 is 0. The van der Waals surface area contributed by atoms with Gasteiger partial charge < -0.3 is 10.2 Å². The highest BCUT2D eigenvalue weighted by Gasteiger charge is 2.18. The Kier molecular flexibility index (Phi) is 3.42. The molecule has 0 atom stereocenters. The van der Waals surface area contributed by atoms with E-state index in [1.54, 1.807) is 12.3 Å². The Labute approximate surface area is 127 Å². The highest BCUT2D eigenvalue weighted by Crippen LogP contribution is 2.29. The maximum atomic E-state index is 11.7. The van der Waals surface area contributed by atoms with Crippen LogP contribution in [0, 0.1) is 13.8 Å². The molecule has 6 heteroatoms. The lowest BCUT2D eigenvalue weighted by atomic mass is 10.00. The van der Waals surface area contributed by atoms with Gasteiger partial charge in [-0.3, -0.25) is 9.78 Å². The van der Waals surface area contributed by atoms with Gasteiger partial charge in [-0.25, -0.2) is 9.97 Å². The molecule has 0 aliphatic carbocycles. The van der Waals surface area contributed by atoms with Crippen molar-refractivity contribution >= 4 is 5.91 Å². The summed E-state index contributed by atoms with van der Waals surface area (Å²) in [7, 11) is 0. The fraction of sp³-hybridized carbons (Fsp3) is 0.125. The van der Waals surface area contributed by atoms with E-state index < -0.39 is 5.91 Å². The second kappa shape index (κ2) is 5.40. The number of hydrogen-bond donors (Lipinski definition) is 1. The van der Waals surface area contributed by atoms with Gasteiger partial charge in [-0.05, 0) is 37.6 Å². The van der Waals surface area contributed by atoms with Crippen LogP contribution in [0.15, 0.2) is 41.3 Å². The van der Waals surface area contributed by atoms with Crippen LogP contribution >= 0.6 is 0 Å². The smallest absolute Gasteiger partial charge is 0.249 e. The summed E-state index contributed by atoms with van der Waals surface area (Å²) in [5.41, 5.74) is 9.36. The van der Waals surface area contributed by atoms with Crippen LogP contribution in [0.25, 0.3) is 22.8 Å². The second-order valence-electron chi connectivity index (χ2n) is 4.87. The fourth-order valence-electron chi connectivity index (χ4n) is 2.32. The molecular weight excluding hydrogens is 280 g/mol. The first-order valence-corrected chi connectivity index (χ1v) is 6.71. The Balaban J connectivity index is 2.30. The van der Waals surface area contributed by atoms with Gasteiger partial charge >= 0.3 is 0 Å². The van der Waals surface area contributed by atoms with Crippen molar-refractivity contribution in [3.05, 3.63) is 53.7 Å². The highest BCUT2D eigenvalue weighted by molar-refractivity contribution is 5.97. The first-order valence-electron chi connectivity index (χ1n) is 6.71. The first kappa shape index (κ1) is 13.9. The van der Waals surface area contributed by atoms with Crippen molar-refractivity contribution in [2.24, 2.45) is 5.73 Å². The molecule has 1 amide bonds. The molecule has 0 unspecified atom stereocenters. The molecule has 0 aliphatic heterocycles. The number of aryl methyl sites for hydroxylation is 1. The van der Waals surface area contributed by atoms with Crippen LogP contribution in [0.3, 0.4) is 0 Å². The summed E-state index contributed by atoms with van der Waals surface area (Å²) in [5, 5.41) is 0. The summed E-state index contributed by atoms with van der Waals surface area (Å²) in [6.45, 7) is 3.70. The number of hydrogen-bond acceptors (Lipinski definition) is 5. The molecule has 0 saturated carbocycles. The van der Waals surface area contributed by atoms with E-state index in [-0.39, 0.29) is 0 Å². The van der Waals surface area contributed by atoms with Gasteiger partial charge in [-0.2, -0.15) is 0 Å². The predicted octanol–water partition coefficient (Wildman–Crippen LogP) is 2.51. The third-order valence-electron chi connectivity index (χ3n) is 3.45. The predicted molar refractivity (Wildman–Crippen MR) is 81.0 cm³/mol. The summed E-state index contributed by atoms with van der Waals surface area (Å²) < 4.78 is 5.27. The van der Waals surface area contributed by atoms with E-state index in [0.29, 0.717) is 28.4 Å². The van der Waals surface area contributed by atoms with Gasteiger partial charge in [0.2, 0.25) is 11.8 Å². The molecule has 0 bridgehead atoms. The van der Waals surface area contributed by atoms with Crippen molar-refractivity contribution in [1.82, 2.24) is 15.0 Å². The molecule has 0 aromatic carbocycles. The standard InChI is InChI=1S/C16H14N4O2/c1-9-12(15(17)21)8-13(16-19-6-7-22-16)20-14(9)11-4-3-5-18-10(11)2/h3-8H,1-2H3,(H2,17,21). The minimum atomic E-state index is -0.518. The van der Waals surface area contributed by atoms with Crippen LogP contribution in [-0.4, -0.2) is 20.9 Å². The topological polar surface area (TPSA) is 94.9 Å². The third-order valence-corrected chi connectivity index (χ3v) is 3.45. The van der Waals surface area contributed by atoms with Gasteiger partial charge in [0.25, 0.3) is 0 Å². The van der Waals surface area contributed by atoms with Crippen molar-refractivity contribution in [2.75, 3.05) is 0 Å². The average molecular weight is 294 g/mol. The molecule has 2 N–H and O–H groups in total. The zero-order chi connectivity index (χ0) is 15.7. The number of amides is 1. The van der Waals surface area contributed by atoms with Crippen LogP contribution in [0.5, 0.6) is 0 Å². The van der Waals surface area contributed by atoms with Gasteiger partial charge in [0.05, 0.1) is 11.9 Å². The van der Waals surface area contributed by atoms with Crippen molar-refractivity contribution in [2.45, 2.75) is 13.8 Å². The van der Waals surface area contributed by atoms with E-state index >= 15 is 0 Å². The number of nitrogens with two attached hydrogens (primary N) is 1. The second-order valence-corrected chi connectivity index (χ2v) is 4.87. The van der Waals surface area contributed by atoms with Crippen molar-refractivity contribution < 1.29 is 9.21 Å². The Morgan fingerprint density at radius 3 is 2.68 bits per heavy atom. The monoisotopic (exact) mass is 294 g/mol. The number of rotatable bonds is 3. The van der Waals surface area contributed by atoms with Crippen molar-refractivity contribution in [3.8, 4) is 22.8 Å². The molecular formula is C16H14N4O2. The highest BCUT2D eigenvalue weighted by atomic mass is 16.3. The van der Waals surface area contributed by atoms with Gasteiger partial charge in [0, 0.05) is 23.0 Å². The lowest BCUT2D eigenvalue weighted by molar-refractivity contribution is 0.0999. The quantitative estimate of drug-likeness (QED) is 0.800. The van der Waals surface area contributed by atoms with Crippen LogP contribution < -0.4 is 5.73 Å². The first-order chi connectivity index (χ1) is 10.6. The summed E-state index contributed by atoms with van der Waals surface area (Å²) in [5.74, 6) is -0.180. The van der Waals surface area contributed by atoms with Crippen LogP contribution in [0.2, 0.25) is 0 Å². The number of carbonyl (C=O) groups excluding carboxylic acids is 1. The van der Waals surface area contributed by atoms with Crippen LogP contribution in [0.1, 0.15) is 21.6 Å². The summed E-state index contributed by atoms with van der Waals surface area (Å²) in [6.07, 6.45) is 4.69. The molecule has 22 heavy (non-hydrogen) atoms. The number of nitrogens with zero attached hydrogens (tertiary/aromatic N) is 3. The number of carbonyl (C=O) groups is 1. The van der Waals surface area contributed by atoms with Crippen LogP contribution in [0.4, 0.5) is 0 Å². The molecule has 110 valence electrons. The van der Waals surface area contributed by atoms with Crippen molar-refractivity contribution in [1.29, 1.82) is 0 Å². The van der Waals surface area contributed by atoms with E-state index in [0.717, 1.165) is 11.3 Å². The van der Waals surface area contributed by atoms with E-state index in [1.165, 1.54) is 12.5 Å². The molecule has 0 fully saturated rings. The molecule has 0 spiro atoms. The summed E-state index contributed by atoms with van der Waals surface area (Å²) in [6, 6.07) is 5.33. The molecule has 0 saturated heterocycles.